The molecular formula is C28H34N8O2. The van der Waals surface area contributed by atoms with Gasteiger partial charge in [-0.25, -0.2) is 9.97 Å². The molecule has 10 nitrogen and oxygen atoms in total. The standard InChI is InChI=1S/C28H34N8O2/c1-5-28(37)34-24-14-25(26(38-4)13-21(24)17-36-10-8-35(3)9-11-36)33-27-15-23(31-18-32-27)19-6-7-22(30-2)20(12-19)16-29/h5-7,12-16,18,29-30H,1,8-11,17H2,2-4H3,(H,34,37)(H,31,32,33). The van der Waals surface area contributed by atoms with Gasteiger partial charge in [-0.15, -0.1) is 0 Å². The summed E-state index contributed by atoms with van der Waals surface area (Å²) in [6.07, 6.45) is 4.06. The zero-order valence-corrected chi connectivity index (χ0v) is 22.0. The zero-order chi connectivity index (χ0) is 27.1. The molecule has 3 aromatic rings. The molecule has 198 valence electrons. The molecule has 38 heavy (non-hydrogen) atoms. The van der Waals surface area contributed by atoms with Gasteiger partial charge in [0.15, 0.2) is 0 Å². The van der Waals surface area contributed by atoms with E-state index in [0.29, 0.717) is 35.2 Å². The molecule has 0 atom stereocenters. The fourth-order valence-electron chi connectivity index (χ4n) is 4.36. The van der Waals surface area contributed by atoms with Gasteiger partial charge in [-0.3, -0.25) is 9.69 Å². The molecule has 1 fully saturated rings. The molecule has 0 radical (unpaired) electrons. The maximum absolute atomic E-state index is 12.3. The van der Waals surface area contributed by atoms with Crippen molar-refractivity contribution >= 4 is 35.0 Å². The predicted molar refractivity (Wildman–Crippen MR) is 153 cm³/mol. The molecule has 10 heteroatoms. The summed E-state index contributed by atoms with van der Waals surface area (Å²) in [6, 6.07) is 11.4. The number of hydrogen-bond donors (Lipinski definition) is 4. The SMILES string of the molecule is C=CC(=O)Nc1cc(Nc2cc(-c3ccc(NC)c(C=N)c3)ncn2)c(OC)cc1CN1CCN(C)CC1. The van der Waals surface area contributed by atoms with E-state index in [1.165, 1.54) is 18.6 Å². The average Bonchev–Trinajstić information content (AvgIpc) is 2.95. The highest BCUT2D eigenvalue weighted by atomic mass is 16.5. The topological polar surface area (TPSA) is 118 Å². The molecule has 1 amide bonds. The molecule has 4 rings (SSSR count). The van der Waals surface area contributed by atoms with Gasteiger partial charge in [0.1, 0.15) is 17.9 Å². The first-order chi connectivity index (χ1) is 18.4. The number of rotatable bonds is 10. The normalized spacial score (nSPS) is 14.0. The van der Waals surface area contributed by atoms with E-state index in [0.717, 1.165) is 48.6 Å². The summed E-state index contributed by atoms with van der Waals surface area (Å²) in [5.74, 6) is 0.919. The Labute approximate surface area is 223 Å². The Morgan fingerprint density at radius 3 is 2.58 bits per heavy atom. The molecule has 0 saturated carbocycles. The molecule has 0 aliphatic carbocycles. The van der Waals surface area contributed by atoms with Gasteiger partial charge in [0.2, 0.25) is 5.91 Å². The second kappa shape index (κ2) is 12.3. The molecule has 0 spiro atoms. The van der Waals surface area contributed by atoms with Gasteiger partial charge in [0, 0.05) is 74.6 Å². The Kier molecular flexibility index (Phi) is 8.67. The summed E-state index contributed by atoms with van der Waals surface area (Å²) in [7, 11) is 5.57. The number of ether oxygens (including phenoxy) is 1. The summed E-state index contributed by atoms with van der Waals surface area (Å²) in [6.45, 7) is 8.18. The minimum absolute atomic E-state index is 0.280. The zero-order valence-electron chi connectivity index (χ0n) is 22.0. The number of piperazine rings is 1. The van der Waals surface area contributed by atoms with Crippen LogP contribution in [0, 0.1) is 5.41 Å². The van der Waals surface area contributed by atoms with Gasteiger partial charge < -0.3 is 31.0 Å². The van der Waals surface area contributed by atoms with Crippen LogP contribution in [0.15, 0.2) is 55.4 Å². The second-order valence-corrected chi connectivity index (χ2v) is 9.09. The Balaban J connectivity index is 1.64. The molecule has 4 N–H and O–H groups in total. The van der Waals surface area contributed by atoms with Crippen LogP contribution >= 0.6 is 0 Å². The van der Waals surface area contributed by atoms with Crippen LogP contribution in [-0.4, -0.2) is 79.3 Å². The first-order valence-corrected chi connectivity index (χ1v) is 12.4. The lowest BCUT2D eigenvalue weighted by molar-refractivity contribution is -0.111. The van der Waals surface area contributed by atoms with Crippen LogP contribution in [0.4, 0.5) is 22.9 Å². The van der Waals surface area contributed by atoms with Gasteiger partial charge >= 0.3 is 0 Å². The number of anilines is 4. The van der Waals surface area contributed by atoms with E-state index in [-0.39, 0.29) is 5.91 Å². The third-order valence-corrected chi connectivity index (χ3v) is 6.56. The summed E-state index contributed by atoms with van der Waals surface area (Å²) in [5, 5.41) is 17.1. The number of amides is 1. The van der Waals surface area contributed by atoms with Crippen LogP contribution in [0.5, 0.6) is 5.75 Å². The molecule has 1 aromatic heterocycles. The molecule has 0 unspecified atom stereocenters. The number of hydrogen-bond acceptors (Lipinski definition) is 9. The number of likely N-dealkylation sites (N-methyl/N-ethyl adjacent to an activating group) is 1. The number of nitrogens with one attached hydrogen (secondary N) is 4. The molecular weight excluding hydrogens is 480 g/mol. The lowest BCUT2D eigenvalue weighted by Crippen LogP contribution is -2.44. The van der Waals surface area contributed by atoms with Crippen LogP contribution in [0.3, 0.4) is 0 Å². The number of nitrogens with zero attached hydrogens (tertiary/aromatic N) is 4. The first kappa shape index (κ1) is 26.8. The van der Waals surface area contributed by atoms with Gasteiger partial charge in [-0.1, -0.05) is 12.6 Å². The fourth-order valence-corrected chi connectivity index (χ4v) is 4.36. The number of benzene rings is 2. The Bertz CT molecular complexity index is 1320. The van der Waals surface area contributed by atoms with E-state index in [2.05, 4.69) is 49.3 Å². The van der Waals surface area contributed by atoms with Crippen LogP contribution < -0.4 is 20.7 Å². The quantitative estimate of drug-likeness (QED) is 0.238. The number of aromatic nitrogens is 2. The van der Waals surface area contributed by atoms with E-state index >= 15 is 0 Å². The maximum Gasteiger partial charge on any atom is 0.247 e. The fraction of sp³-hybridized carbons (Fsp3) is 0.286. The van der Waals surface area contributed by atoms with Crippen molar-refractivity contribution in [3.05, 3.63) is 66.5 Å². The highest BCUT2D eigenvalue weighted by molar-refractivity contribution is 6.00. The van der Waals surface area contributed by atoms with Gasteiger partial charge in [-0.2, -0.15) is 0 Å². The van der Waals surface area contributed by atoms with Crippen molar-refractivity contribution in [1.82, 2.24) is 19.8 Å². The van der Waals surface area contributed by atoms with Gasteiger partial charge in [-0.05, 0) is 43.0 Å². The van der Waals surface area contributed by atoms with Crippen molar-refractivity contribution < 1.29 is 9.53 Å². The number of carbonyl (C=O) groups is 1. The minimum atomic E-state index is -0.280. The summed E-state index contributed by atoms with van der Waals surface area (Å²) in [4.78, 5) is 25.7. The Morgan fingerprint density at radius 2 is 1.89 bits per heavy atom. The Morgan fingerprint density at radius 1 is 1.11 bits per heavy atom. The van der Waals surface area contributed by atoms with Crippen molar-refractivity contribution in [1.29, 1.82) is 5.41 Å². The smallest absolute Gasteiger partial charge is 0.247 e. The number of methoxy groups -OCH3 is 1. The largest absolute Gasteiger partial charge is 0.495 e. The molecule has 2 aromatic carbocycles. The van der Waals surface area contributed by atoms with Crippen molar-refractivity contribution in [2.45, 2.75) is 6.54 Å². The monoisotopic (exact) mass is 514 g/mol. The minimum Gasteiger partial charge on any atom is -0.495 e. The molecule has 1 aliphatic rings. The maximum atomic E-state index is 12.3. The van der Waals surface area contributed by atoms with Crippen molar-refractivity contribution in [2.75, 3.05) is 63.3 Å². The third kappa shape index (κ3) is 6.34. The van der Waals surface area contributed by atoms with E-state index in [1.54, 1.807) is 7.11 Å². The summed E-state index contributed by atoms with van der Waals surface area (Å²) in [5.41, 5.74) is 5.50. The Hall–Kier alpha value is -4.28. The van der Waals surface area contributed by atoms with Crippen LogP contribution in [0.2, 0.25) is 0 Å². The second-order valence-electron chi connectivity index (χ2n) is 9.09. The lowest BCUT2D eigenvalue weighted by atomic mass is 10.1. The van der Waals surface area contributed by atoms with Gasteiger partial charge in [0.25, 0.3) is 0 Å². The number of carbonyl (C=O) groups excluding carboxylic acids is 1. The molecule has 0 bridgehead atoms. The van der Waals surface area contributed by atoms with Crippen molar-refractivity contribution in [3.8, 4) is 17.0 Å². The summed E-state index contributed by atoms with van der Waals surface area (Å²) >= 11 is 0. The third-order valence-electron chi connectivity index (χ3n) is 6.56. The highest BCUT2D eigenvalue weighted by Crippen LogP contribution is 2.35. The average molecular weight is 515 g/mol. The van der Waals surface area contributed by atoms with Crippen molar-refractivity contribution in [3.63, 3.8) is 0 Å². The van der Waals surface area contributed by atoms with Crippen LogP contribution in [0.25, 0.3) is 11.3 Å². The van der Waals surface area contributed by atoms with E-state index in [9.17, 15) is 4.79 Å². The predicted octanol–water partition coefficient (Wildman–Crippen LogP) is 3.81. The summed E-state index contributed by atoms with van der Waals surface area (Å²) < 4.78 is 5.72. The molecule has 2 heterocycles. The lowest BCUT2D eigenvalue weighted by Gasteiger charge is -2.33. The first-order valence-electron chi connectivity index (χ1n) is 12.4. The van der Waals surface area contributed by atoms with E-state index < -0.39 is 0 Å². The van der Waals surface area contributed by atoms with E-state index in [4.69, 9.17) is 10.1 Å². The van der Waals surface area contributed by atoms with Crippen molar-refractivity contribution in [2.24, 2.45) is 0 Å². The molecule has 1 saturated heterocycles. The molecule has 1 aliphatic heterocycles. The van der Waals surface area contributed by atoms with Crippen LogP contribution in [-0.2, 0) is 11.3 Å². The highest BCUT2D eigenvalue weighted by Gasteiger charge is 2.19. The van der Waals surface area contributed by atoms with Crippen LogP contribution in [0.1, 0.15) is 11.1 Å². The van der Waals surface area contributed by atoms with E-state index in [1.807, 2.05) is 43.4 Å². The van der Waals surface area contributed by atoms with Gasteiger partial charge in [0.05, 0.1) is 18.5 Å².